The van der Waals surface area contributed by atoms with Crippen LogP contribution in [0.25, 0.3) is 0 Å². The number of amides is 1. The van der Waals surface area contributed by atoms with Gasteiger partial charge in [0.1, 0.15) is 11.5 Å². The molecule has 1 atom stereocenters. The largest absolute Gasteiger partial charge is 0.457 e. The summed E-state index contributed by atoms with van der Waals surface area (Å²) in [7, 11) is 0. The highest BCUT2D eigenvalue weighted by atomic mass is 35.5. The molecule has 3 N–H and O–H groups in total. The molecule has 5 nitrogen and oxygen atoms in total. The molecular weight excluding hydrogens is 352 g/mol. The van der Waals surface area contributed by atoms with E-state index in [0.29, 0.717) is 18.9 Å². The Morgan fingerprint density at radius 1 is 1.08 bits per heavy atom. The van der Waals surface area contributed by atoms with Crippen LogP contribution < -0.4 is 15.8 Å². The van der Waals surface area contributed by atoms with Gasteiger partial charge in [0.15, 0.2) is 0 Å². The Morgan fingerprint density at radius 2 is 1.62 bits per heavy atom. The van der Waals surface area contributed by atoms with Crippen LogP contribution in [-0.4, -0.2) is 25.2 Å². The van der Waals surface area contributed by atoms with Gasteiger partial charge in [-0.15, -0.1) is 12.4 Å². The average molecular weight is 377 g/mol. The van der Waals surface area contributed by atoms with Gasteiger partial charge >= 0.3 is 0 Å². The quantitative estimate of drug-likeness (QED) is 0.829. The van der Waals surface area contributed by atoms with Gasteiger partial charge in [-0.3, -0.25) is 4.79 Å². The molecule has 1 saturated heterocycles. The molecule has 2 aromatic carbocycles. The number of anilines is 1. The molecule has 0 saturated carbocycles. The number of halogens is 1. The Morgan fingerprint density at radius 3 is 2.19 bits per heavy atom. The van der Waals surface area contributed by atoms with Gasteiger partial charge in [0, 0.05) is 18.9 Å². The second kappa shape index (κ2) is 9.57. The van der Waals surface area contributed by atoms with E-state index in [2.05, 4.69) is 5.32 Å². The van der Waals surface area contributed by atoms with Crippen LogP contribution >= 0.6 is 12.4 Å². The number of rotatable bonds is 5. The average Bonchev–Trinajstić information content (AvgIpc) is 2.65. The number of ether oxygens (including phenoxy) is 2. The lowest BCUT2D eigenvalue weighted by Gasteiger charge is -2.26. The molecule has 0 spiro atoms. The summed E-state index contributed by atoms with van der Waals surface area (Å²) < 4.78 is 11.1. The monoisotopic (exact) mass is 376 g/mol. The zero-order valence-corrected chi connectivity index (χ0v) is 15.6. The van der Waals surface area contributed by atoms with E-state index in [4.69, 9.17) is 15.2 Å². The summed E-state index contributed by atoms with van der Waals surface area (Å²) in [5.41, 5.74) is 7.99. The zero-order valence-electron chi connectivity index (χ0n) is 14.8. The molecule has 1 fully saturated rings. The van der Waals surface area contributed by atoms with Crippen molar-refractivity contribution in [3.63, 3.8) is 0 Å². The van der Waals surface area contributed by atoms with E-state index in [0.717, 1.165) is 24.3 Å². The Hall–Kier alpha value is -2.08. The number of carbonyl (C=O) groups is 1. The van der Waals surface area contributed by atoms with E-state index < -0.39 is 6.04 Å². The SMILES string of the molecule is Cc1ccc(Oc2ccc(NC(=O)C(N)C3CCOCC3)cc2)cc1.Cl. The molecule has 0 bridgehead atoms. The summed E-state index contributed by atoms with van der Waals surface area (Å²) in [6, 6.07) is 14.6. The molecule has 1 aliphatic rings. The van der Waals surface area contributed by atoms with Gasteiger partial charge in [0.25, 0.3) is 0 Å². The van der Waals surface area contributed by atoms with E-state index in [9.17, 15) is 4.79 Å². The second-order valence-corrected chi connectivity index (χ2v) is 6.40. The predicted molar refractivity (Wildman–Crippen MR) is 105 cm³/mol. The maximum atomic E-state index is 12.3. The molecule has 0 radical (unpaired) electrons. The Kier molecular flexibility index (Phi) is 7.45. The fourth-order valence-corrected chi connectivity index (χ4v) is 2.86. The van der Waals surface area contributed by atoms with Crippen LogP contribution in [0.3, 0.4) is 0 Å². The first-order valence-electron chi connectivity index (χ1n) is 8.60. The summed E-state index contributed by atoms with van der Waals surface area (Å²) in [5.74, 6) is 1.52. The fraction of sp³-hybridized carbons (Fsp3) is 0.350. The Bertz CT molecular complexity index is 698. The molecule has 2 aromatic rings. The van der Waals surface area contributed by atoms with E-state index in [1.54, 1.807) is 0 Å². The number of nitrogens with one attached hydrogen (secondary N) is 1. The molecule has 6 heteroatoms. The van der Waals surface area contributed by atoms with E-state index in [1.807, 2.05) is 55.5 Å². The molecule has 0 aliphatic carbocycles. The molecule has 0 aromatic heterocycles. The van der Waals surface area contributed by atoms with Gasteiger partial charge in [-0.1, -0.05) is 17.7 Å². The van der Waals surface area contributed by atoms with Crippen molar-refractivity contribution >= 4 is 24.0 Å². The van der Waals surface area contributed by atoms with Crippen LogP contribution in [0.5, 0.6) is 11.5 Å². The lowest BCUT2D eigenvalue weighted by molar-refractivity contribution is -0.119. The normalized spacial score (nSPS) is 15.6. The molecule has 26 heavy (non-hydrogen) atoms. The van der Waals surface area contributed by atoms with Gasteiger partial charge in [-0.2, -0.15) is 0 Å². The van der Waals surface area contributed by atoms with Gasteiger partial charge in [-0.25, -0.2) is 0 Å². The van der Waals surface area contributed by atoms with E-state index in [1.165, 1.54) is 5.56 Å². The van der Waals surface area contributed by atoms with Crippen LogP contribution in [-0.2, 0) is 9.53 Å². The molecule has 1 unspecified atom stereocenters. The lowest BCUT2D eigenvalue weighted by atomic mass is 9.92. The van der Waals surface area contributed by atoms with Crippen molar-refractivity contribution in [3.05, 3.63) is 54.1 Å². The molecular formula is C20H25ClN2O3. The van der Waals surface area contributed by atoms with Crippen molar-refractivity contribution < 1.29 is 14.3 Å². The number of nitrogens with two attached hydrogens (primary N) is 1. The second-order valence-electron chi connectivity index (χ2n) is 6.40. The predicted octanol–water partition coefficient (Wildman–Crippen LogP) is 3.90. The van der Waals surface area contributed by atoms with E-state index in [-0.39, 0.29) is 24.2 Å². The lowest BCUT2D eigenvalue weighted by Crippen LogP contribution is -2.43. The van der Waals surface area contributed by atoms with Crippen molar-refractivity contribution in [2.24, 2.45) is 11.7 Å². The van der Waals surface area contributed by atoms with Crippen molar-refractivity contribution in [3.8, 4) is 11.5 Å². The number of hydrogen-bond acceptors (Lipinski definition) is 4. The highest BCUT2D eigenvalue weighted by molar-refractivity contribution is 5.94. The first-order valence-corrected chi connectivity index (χ1v) is 8.60. The van der Waals surface area contributed by atoms with Gasteiger partial charge < -0.3 is 20.5 Å². The smallest absolute Gasteiger partial charge is 0.241 e. The number of benzene rings is 2. The first kappa shape index (κ1) is 20.2. The molecule has 1 heterocycles. The van der Waals surface area contributed by atoms with E-state index >= 15 is 0 Å². The minimum Gasteiger partial charge on any atom is -0.457 e. The molecule has 1 amide bonds. The maximum absolute atomic E-state index is 12.3. The minimum absolute atomic E-state index is 0. The number of carbonyl (C=O) groups excluding carboxylic acids is 1. The molecule has 1 aliphatic heterocycles. The van der Waals surface area contributed by atoms with Crippen LogP contribution in [0.2, 0.25) is 0 Å². The standard InChI is InChI=1S/C20H24N2O3.ClH/c1-14-2-6-17(7-3-14)25-18-8-4-16(5-9-18)22-20(23)19(21)15-10-12-24-13-11-15;/h2-9,15,19H,10-13,21H2,1H3,(H,22,23);1H. The summed E-state index contributed by atoms with van der Waals surface area (Å²) in [5, 5.41) is 2.88. The first-order chi connectivity index (χ1) is 12.1. The number of hydrogen-bond donors (Lipinski definition) is 2. The molecule has 3 rings (SSSR count). The third-order valence-corrected chi connectivity index (χ3v) is 4.46. The third kappa shape index (κ3) is 5.46. The highest BCUT2D eigenvalue weighted by Crippen LogP contribution is 2.24. The van der Waals surface area contributed by atoms with Crippen molar-refractivity contribution in [1.29, 1.82) is 0 Å². The third-order valence-electron chi connectivity index (χ3n) is 4.46. The maximum Gasteiger partial charge on any atom is 0.241 e. The Balaban J connectivity index is 0.00000243. The Labute approximate surface area is 160 Å². The highest BCUT2D eigenvalue weighted by Gasteiger charge is 2.26. The zero-order chi connectivity index (χ0) is 17.6. The topological polar surface area (TPSA) is 73.6 Å². The summed E-state index contributed by atoms with van der Waals surface area (Å²) in [6.45, 7) is 3.39. The fourth-order valence-electron chi connectivity index (χ4n) is 2.86. The summed E-state index contributed by atoms with van der Waals surface area (Å²) >= 11 is 0. The molecule has 140 valence electrons. The van der Waals surface area contributed by atoms with Gasteiger partial charge in [-0.05, 0) is 62.1 Å². The van der Waals surface area contributed by atoms with Crippen LogP contribution in [0.1, 0.15) is 18.4 Å². The van der Waals surface area contributed by atoms with Crippen LogP contribution in [0.15, 0.2) is 48.5 Å². The summed E-state index contributed by atoms with van der Waals surface area (Å²) in [6.07, 6.45) is 1.66. The van der Waals surface area contributed by atoms with Crippen molar-refractivity contribution in [2.45, 2.75) is 25.8 Å². The summed E-state index contributed by atoms with van der Waals surface area (Å²) in [4.78, 5) is 12.3. The van der Waals surface area contributed by atoms with Crippen LogP contribution in [0, 0.1) is 12.8 Å². The van der Waals surface area contributed by atoms with Crippen molar-refractivity contribution in [2.75, 3.05) is 18.5 Å². The van der Waals surface area contributed by atoms with Gasteiger partial charge in [0.05, 0.1) is 6.04 Å². The van der Waals surface area contributed by atoms with Crippen LogP contribution in [0.4, 0.5) is 5.69 Å². The minimum atomic E-state index is -0.507. The number of aryl methyl sites for hydroxylation is 1. The van der Waals surface area contributed by atoms with Gasteiger partial charge in [0.2, 0.25) is 5.91 Å². The van der Waals surface area contributed by atoms with Crippen molar-refractivity contribution in [1.82, 2.24) is 0 Å².